The minimum Gasteiger partial charge on any atom is -0.480 e. The van der Waals surface area contributed by atoms with Crippen LogP contribution < -0.4 is 5.32 Å². The topological polar surface area (TPSA) is 95.9 Å². The predicted molar refractivity (Wildman–Crippen MR) is 88.7 cm³/mol. The Labute approximate surface area is 141 Å². The number of methoxy groups -OCH3 is 1. The van der Waals surface area contributed by atoms with E-state index in [2.05, 4.69) is 5.32 Å². The second-order valence-electron chi connectivity index (χ2n) is 6.57. The van der Waals surface area contributed by atoms with E-state index in [9.17, 15) is 19.8 Å². The first-order valence-corrected chi connectivity index (χ1v) is 8.12. The Morgan fingerprint density at radius 3 is 2.46 bits per heavy atom. The summed E-state index contributed by atoms with van der Waals surface area (Å²) in [5, 5.41) is 22.6. The molecule has 1 amide bonds. The van der Waals surface area contributed by atoms with Crippen molar-refractivity contribution in [3.8, 4) is 0 Å². The van der Waals surface area contributed by atoms with Crippen molar-refractivity contribution in [1.82, 2.24) is 5.32 Å². The molecule has 0 heterocycles. The smallest absolute Gasteiger partial charge is 0.329 e. The molecule has 0 aliphatic heterocycles. The van der Waals surface area contributed by atoms with E-state index >= 15 is 0 Å². The lowest BCUT2D eigenvalue weighted by molar-refractivity contribution is -0.152. The van der Waals surface area contributed by atoms with Crippen LogP contribution in [0.15, 0.2) is 18.2 Å². The van der Waals surface area contributed by atoms with Crippen LogP contribution in [0.25, 0.3) is 0 Å². The van der Waals surface area contributed by atoms with E-state index in [1.807, 2.05) is 26.0 Å². The number of benzene rings is 1. The number of aryl methyl sites for hydroxylation is 2. The molecule has 1 aliphatic rings. The standard InChI is InChI=1S/C18H25NO5/c1-11-4-5-12(2)14(10-11)15(20)16(21)19-18(17(22)23)8-6-13(24-3)7-9-18/h4-5,10,13,15,20H,6-9H2,1-3H3,(H,19,21)(H,22,23). The number of carboxylic acid groups (broad SMARTS) is 1. The maximum Gasteiger partial charge on any atom is 0.329 e. The highest BCUT2D eigenvalue weighted by atomic mass is 16.5. The molecular weight excluding hydrogens is 310 g/mol. The van der Waals surface area contributed by atoms with Crippen molar-refractivity contribution in [3.05, 3.63) is 34.9 Å². The van der Waals surface area contributed by atoms with E-state index in [1.54, 1.807) is 13.2 Å². The Bertz CT molecular complexity index is 620. The van der Waals surface area contributed by atoms with Crippen LogP contribution in [0.5, 0.6) is 0 Å². The summed E-state index contributed by atoms with van der Waals surface area (Å²) in [4.78, 5) is 24.2. The highest BCUT2D eigenvalue weighted by Gasteiger charge is 2.44. The number of amides is 1. The van der Waals surface area contributed by atoms with Gasteiger partial charge in [-0.1, -0.05) is 23.8 Å². The highest BCUT2D eigenvalue weighted by Crippen LogP contribution is 2.31. The van der Waals surface area contributed by atoms with Crippen LogP contribution in [0, 0.1) is 13.8 Å². The molecule has 1 atom stereocenters. The average molecular weight is 335 g/mol. The molecule has 0 saturated heterocycles. The third-order valence-corrected chi connectivity index (χ3v) is 4.87. The van der Waals surface area contributed by atoms with Crippen LogP contribution >= 0.6 is 0 Å². The monoisotopic (exact) mass is 335 g/mol. The van der Waals surface area contributed by atoms with Crippen LogP contribution in [0.2, 0.25) is 0 Å². The number of carbonyl (C=O) groups is 2. The maximum atomic E-state index is 12.5. The fourth-order valence-corrected chi connectivity index (χ4v) is 3.21. The molecule has 0 spiro atoms. The molecule has 132 valence electrons. The second kappa shape index (κ2) is 7.32. The summed E-state index contributed by atoms with van der Waals surface area (Å²) in [6, 6.07) is 5.47. The van der Waals surface area contributed by atoms with Crippen molar-refractivity contribution in [1.29, 1.82) is 0 Å². The molecule has 2 rings (SSSR count). The molecule has 1 unspecified atom stereocenters. The van der Waals surface area contributed by atoms with E-state index in [-0.39, 0.29) is 18.9 Å². The van der Waals surface area contributed by atoms with Crippen molar-refractivity contribution >= 4 is 11.9 Å². The van der Waals surface area contributed by atoms with E-state index in [1.165, 1.54) is 0 Å². The molecule has 1 saturated carbocycles. The summed E-state index contributed by atoms with van der Waals surface area (Å²) in [6.07, 6.45) is 0.309. The van der Waals surface area contributed by atoms with Crippen molar-refractivity contribution in [3.63, 3.8) is 0 Å². The summed E-state index contributed by atoms with van der Waals surface area (Å²) < 4.78 is 5.26. The Hall–Kier alpha value is -1.92. The minimum absolute atomic E-state index is 0.0123. The van der Waals surface area contributed by atoms with Crippen LogP contribution in [0.3, 0.4) is 0 Å². The number of ether oxygens (including phenoxy) is 1. The number of rotatable bonds is 5. The van der Waals surface area contributed by atoms with Gasteiger partial charge in [0.25, 0.3) is 5.91 Å². The lowest BCUT2D eigenvalue weighted by Crippen LogP contribution is -2.58. The Kier molecular flexibility index (Phi) is 5.62. The molecule has 1 aromatic rings. The summed E-state index contributed by atoms with van der Waals surface area (Å²) in [7, 11) is 1.60. The van der Waals surface area contributed by atoms with Gasteiger partial charge in [0.05, 0.1) is 6.10 Å². The first-order chi connectivity index (χ1) is 11.3. The number of hydrogen-bond donors (Lipinski definition) is 3. The van der Waals surface area contributed by atoms with Gasteiger partial charge in [-0.05, 0) is 50.7 Å². The zero-order chi connectivity index (χ0) is 17.9. The lowest BCUT2D eigenvalue weighted by atomic mass is 9.80. The summed E-state index contributed by atoms with van der Waals surface area (Å²) in [6.45, 7) is 3.68. The fraction of sp³-hybridized carbons (Fsp3) is 0.556. The molecule has 0 aromatic heterocycles. The first-order valence-electron chi connectivity index (χ1n) is 8.12. The normalized spacial score (nSPS) is 25.1. The molecular formula is C18H25NO5. The van der Waals surface area contributed by atoms with Gasteiger partial charge in [-0.3, -0.25) is 4.79 Å². The van der Waals surface area contributed by atoms with Crippen molar-refractivity contribution in [2.45, 2.75) is 57.3 Å². The average Bonchev–Trinajstić information content (AvgIpc) is 2.56. The van der Waals surface area contributed by atoms with Gasteiger partial charge in [-0.2, -0.15) is 0 Å². The van der Waals surface area contributed by atoms with Gasteiger partial charge >= 0.3 is 5.97 Å². The first kappa shape index (κ1) is 18.4. The molecule has 1 aliphatic carbocycles. The molecule has 6 heteroatoms. The molecule has 1 fully saturated rings. The SMILES string of the molecule is COC1CCC(NC(=O)C(O)c2cc(C)ccc2C)(C(=O)O)CC1. The van der Waals surface area contributed by atoms with Crippen LogP contribution in [0.4, 0.5) is 0 Å². The third kappa shape index (κ3) is 3.76. The number of carboxylic acids is 1. The van der Waals surface area contributed by atoms with Gasteiger partial charge in [0.15, 0.2) is 6.10 Å². The largest absolute Gasteiger partial charge is 0.480 e. The third-order valence-electron chi connectivity index (χ3n) is 4.87. The van der Waals surface area contributed by atoms with Crippen LogP contribution in [-0.2, 0) is 14.3 Å². The van der Waals surface area contributed by atoms with Gasteiger partial charge in [-0.25, -0.2) is 4.79 Å². The van der Waals surface area contributed by atoms with Crippen molar-refractivity contribution in [2.24, 2.45) is 0 Å². The van der Waals surface area contributed by atoms with E-state index in [0.717, 1.165) is 11.1 Å². The molecule has 1 aromatic carbocycles. The van der Waals surface area contributed by atoms with Gasteiger partial charge in [0, 0.05) is 7.11 Å². The lowest BCUT2D eigenvalue weighted by Gasteiger charge is -2.37. The minimum atomic E-state index is -1.39. The Morgan fingerprint density at radius 2 is 1.92 bits per heavy atom. The van der Waals surface area contributed by atoms with E-state index in [0.29, 0.717) is 18.4 Å². The number of hydrogen-bond acceptors (Lipinski definition) is 4. The fourth-order valence-electron chi connectivity index (χ4n) is 3.21. The van der Waals surface area contributed by atoms with Crippen LogP contribution in [-0.4, -0.2) is 40.8 Å². The second-order valence-corrected chi connectivity index (χ2v) is 6.57. The number of aliphatic hydroxyl groups is 1. The quantitative estimate of drug-likeness (QED) is 0.763. The number of aliphatic hydroxyl groups excluding tert-OH is 1. The van der Waals surface area contributed by atoms with E-state index < -0.39 is 23.5 Å². The molecule has 24 heavy (non-hydrogen) atoms. The molecule has 0 radical (unpaired) electrons. The number of carbonyl (C=O) groups excluding carboxylic acids is 1. The van der Waals surface area contributed by atoms with Gasteiger partial charge in [0.2, 0.25) is 0 Å². The summed E-state index contributed by atoms with van der Waals surface area (Å²) in [5.74, 6) is -1.75. The maximum absolute atomic E-state index is 12.5. The van der Waals surface area contributed by atoms with Crippen LogP contribution in [0.1, 0.15) is 48.5 Å². The zero-order valence-corrected chi connectivity index (χ0v) is 14.3. The molecule has 3 N–H and O–H groups in total. The van der Waals surface area contributed by atoms with Gasteiger partial charge in [-0.15, -0.1) is 0 Å². The Morgan fingerprint density at radius 1 is 1.29 bits per heavy atom. The zero-order valence-electron chi connectivity index (χ0n) is 14.3. The van der Waals surface area contributed by atoms with Gasteiger partial charge < -0.3 is 20.3 Å². The molecule has 0 bridgehead atoms. The van der Waals surface area contributed by atoms with Crippen molar-refractivity contribution < 1.29 is 24.5 Å². The van der Waals surface area contributed by atoms with Crippen molar-refractivity contribution in [2.75, 3.05) is 7.11 Å². The Balaban J connectivity index is 2.16. The summed E-state index contributed by atoms with van der Waals surface area (Å²) >= 11 is 0. The highest BCUT2D eigenvalue weighted by molar-refractivity contribution is 5.89. The predicted octanol–water partition coefficient (Wildman–Crippen LogP) is 1.87. The number of aliphatic carboxylic acids is 1. The molecule has 6 nitrogen and oxygen atoms in total. The summed E-state index contributed by atoms with van der Waals surface area (Å²) in [5.41, 5.74) is 0.871. The number of nitrogens with one attached hydrogen (secondary N) is 1. The van der Waals surface area contributed by atoms with Gasteiger partial charge in [0.1, 0.15) is 5.54 Å². The van der Waals surface area contributed by atoms with E-state index in [4.69, 9.17) is 4.74 Å².